The first kappa shape index (κ1) is 11.2. The summed E-state index contributed by atoms with van der Waals surface area (Å²) in [5, 5.41) is 5.38. The molecule has 1 atom stereocenters. The molecule has 0 saturated heterocycles. The second-order valence-corrected chi connectivity index (χ2v) is 4.61. The molecule has 0 bridgehead atoms. The third kappa shape index (κ3) is 2.28. The largest absolute Gasteiger partial charge is 0.398 e. The molecule has 4 nitrogen and oxygen atoms in total. The average Bonchev–Trinajstić information content (AvgIpc) is 2.56. The monoisotopic (exact) mass is 220 g/mol. The minimum Gasteiger partial charge on any atom is -0.398 e. The predicted octanol–water partition coefficient (Wildman–Crippen LogP) is 1.02. The maximum absolute atomic E-state index is 6.08. The van der Waals surface area contributed by atoms with Crippen LogP contribution in [0.2, 0.25) is 0 Å². The number of nitrogens with two attached hydrogens (primary N) is 1. The highest BCUT2D eigenvalue weighted by molar-refractivity contribution is 5.35. The predicted molar refractivity (Wildman–Crippen MR) is 65.7 cm³/mol. The van der Waals surface area contributed by atoms with Crippen molar-refractivity contribution < 1.29 is 0 Å². The molecule has 0 aromatic rings. The fourth-order valence-corrected chi connectivity index (χ4v) is 1.82. The summed E-state index contributed by atoms with van der Waals surface area (Å²) >= 11 is 0. The van der Waals surface area contributed by atoms with E-state index in [4.69, 9.17) is 5.73 Å². The van der Waals surface area contributed by atoms with Crippen molar-refractivity contribution >= 4 is 0 Å². The molecule has 16 heavy (non-hydrogen) atoms. The summed E-state index contributed by atoms with van der Waals surface area (Å²) < 4.78 is 0. The fraction of sp³-hybridized carbons (Fsp3) is 0.500. The van der Waals surface area contributed by atoms with Gasteiger partial charge in [0, 0.05) is 6.20 Å². The van der Waals surface area contributed by atoms with Gasteiger partial charge < -0.3 is 5.73 Å². The van der Waals surface area contributed by atoms with Gasteiger partial charge in [-0.1, -0.05) is 19.9 Å². The van der Waals surface area contributed by atoms with Crippen molar-refractivity contribution in [2.75, 3.05) is 6.54 Å². The lowest BCUT2D eigenvalue weighted by atomic mass is 10.1. The number of rotatable bonds is 4. The van der Waals surface area contributed by atoms with Crippen molar-refractivity contribution in [1.82, 2.24) is 15.8 Å². The van der Waals surface area contributed by atoms with E-state index in [1.165, 1.54) is 0 Å². The van der Waals surface area contributed by atoms with Crippen LogP contribution in [0.25, 0.3) is 0 Å². The highest BCUT2D eigenvalue weighted by Gasteiger charge is 2.26. The Hall–Kier alpha value is -1.26. The lowest BCUT2D eigenvalue weighted by Crippen LogP contribution is -2.45. The van der Waals surface area contributed by atoms with Gasteiger partial charge in [-0.3, -0.25) is 10.3 Å². The van der Waals surface area contributed by atoms with Crippen molar-refractivity contribution in [1.29, 1.82) is 0 Å². The van der Waals surface area contributed by atoms with Crippen LogP contribution >= 0.6 is 0 Å². The number of fused-ring (bicyclic) bond motifs is 1. The first-order chi connectivity index (χ1) is 7.68. The van der Waals surface area contributed by atoms with Crippen LogP contribution in [-0.4, -0.2) is 17.7 Å². The van der Waals surface area contributed by atoms with Gasteiger partial charge in [0.25, 0.3) is 0 Å². The van der Waals surface area contributed by atoms with E-state index in [1.807, 2.05) is 29.4 Å². The van der Waals surface area contributed by atoms with E-state index in [0.29, 0.717) is 5.92 Å². The summed E-state index contributed by atoms with van der Waals surface area (Å²) in [7, 11) is 0. The Bertz CT molecular complexity index is 341. The molecule has 4 heteroatoms. The number of hydrazine groups is 1. The number of hydrogen-bond donors (Lipinski definition) is 3. The van der Waals surface area contributed by atoms with Gasteiger partial charge in [-0.05, 0) is 31.0 Å². The molecule has 0 amide bonds. The van der Waals surface area contributed by atoms with Crippen LogP contribution in [0.1, 0.15) is 20.3 Å². The van der Waals surface area contributed by atoms with Gasteiger partial charge in [0.1, 0.15) is 6.17 Å². The number of allylic oxidation sites excluding steroid dienone is 3. The molecule has 1 unspecified atom stereocenters. The van der Waals surface area contributed by atoms with Gasteiger partial charge in [0.2, 0.25) is 0 Å². The van der Waals surface area contributed by atoms with Gasteiger partial charge in [0.15, 0.2) is 0 Å². The molecule has 0 radical (unpaired) electrons. The maximum Gasteiger partial charge on any atom is 0.118 e. The van der Waals surface area contributed by atoms with Gasteiger partial charge in [0.05, 0.1) is 11.4 Å². The Morgan fingerprint density at radius 2 is 2.31 bits per heavy atom. The van der Waals surface area contributed by atoms with Gasteiger partial charge in [-0.15, -0.1) is 0 Å². The molecular formula is C12H20N4. The first-order valence-corrected chi connectivity index (χ1v) is 5.82. The Labute approximate surface area is 96.8 Å². The molecule has 2 heterocycles. The van der Waals surface area contributed by atoms with Crippen LogP contribution in [0, 0.1) is 5.92 Å². The normalized spacial score (nSPS) is 23.4. The maximum atomic E-state index is 6.08. The van der Waals surface area contributed by atoms with Crippen molar-refractivity contribution in [3.8, 4) is 0 Å². The number of nitrogens with zero attached hydrogens (tertiary/aromatic N) is 1. The van der Waals surface area contributed by atoms with E-state index < -0.39 is 0 Å². The standard InChI is InChI=1S/C12H20N4/c1-9(2)6-7-14-12-11(13)10-5-3-4-8-16(10)15-12/h3-5,8-9,12,14-15H,6-7,13H2,1-2H3. The molecule has 0 saturated carbocycles. The Morgan fingerprint density at radius 3 is 3.00 bits per heavy atom. The van der Waals surface area contributed by atoms with Gasteiger partial charge in [-0.25, -0.2) is 5.43 Å². The summed E-state index contributed by atoms with van der Waals surface area (Å²) in [5.41, 5.74) is 11.3. The SMILES string of the molecule is CC(C)CCNC1NN2C=CC=CC2=C1N. The molecule has 0 fully saturated rings. The average molecular weight is 220 g/mol. The third-order valence-corrected chi connectivity index (χ3v) is 2.80. The van der Waals surface area contributed by atoms with E-state index >= 15 is 0 Å². The molecule has 0 spiro atoms. The van der Waals surface area contributed by atoms with Crippen molar-refractivity contribution in [3.63, 3.8) is 0 Å². The van der Waals surface area contributed by atoms with Crippen LogP contribution in [0.4, 0.5) is 0 Å². The second-order valence-electron chi connectivity index (χ2n) is 4.61. The molecule has 2 aliphatic rings. The van der Waals surface area contributed by atoms with E-state index in [-0.39, 0.29) is 6.17 Å². The zero-order valence-corrected chi connectivity index (χ0v) is 9.90. The third-order valence-electron chi connectivity index (χ3n) is 2.80. The molecule has 0 aliphatic carbocycles. The Kier molecular flexibility index (Phi) is 3.31. The summed E-state index contributed by atoms with van der Waals surface area (Å²) in [6.45, 7) is 5.42. The smallest absolute Gasteiger partial charge is 0.118 e. The van der Waals surface area contributed by atoms with Gasteiger partial charge in [-0.2, -0.15) is 0 Å². The number of hydrogen-bond acceptors (Lipinski definition) is 4. The van der Waals surface area contributed by atoms with Crippen molar-refractivity contribution in [2.24, 2.45) is 11.7 Å². The lowest BCUT2D eigenvalue weighted by Gasteiger charge is -2.20. The summed E-state index contributed by atoms with van der Waals surface area (Å²) in [6, 6.07) is 0. The Morgan fingerprint density at radius 1 is 1.50 bits per heavy atom. The molecule has 88 valence electrons. The van der Waals surface area contributed by atoms with E-state index in [1.54, 1.807) is 0 Å². The molecule has 2 aliphatic heterocycles. The van der Waals surface area contributed by atoms with Crippen molar-refractivity contribution in [3.05, 3.63) is 35.8 Å². The topological polar surface area (TPSA) is 53.3 Å². The highest BCUT2D eigenvalue weighted by Crippen LogP contribution is 2.19. The van der Waals surface area contributed by atoms with Crippen LogP contribution in [-0.2, 0) is 0 Å². The lowest BCUT2D eigenvalue weighted by molar-refractivity contribution is 0.316. The summed E-state index contributed by atoms with van der Waals surface area (Å²) in [4.78, 5) is 0. The van der Waals surface area contributed by atoms with Crippen molar-refractivity contribution in [2.45, 2.75) is 26.4 Å². The quantitative estimate of drug-likeness (QED) is 0.662. The van der Waals surface area contributed by atoms with Crippen LogP contribution in [0.5, 0.6) is 0 Å². The first-order valence-electron chi connectivity index (χ1n) is 5.82. The van der Waals surface area contributed by atoms with E-state index in [9.17, 15) is 0 Å². The fourth-order valence-electron chi connectivity index (χ4n) is 1.82. The molecule has 4 N–H and O–H groups in total. The van der Waals surface area contributed by atoms with Crippen LogP contribution in [0.3, 0.4) is 0 Å². The molecule has 0 aromatic heterocycles. The summed E-state index contributed by atoms with van der Waals surface area (Å²) in [5.74, 6) is 0.713. The van der Waals surface area contributed by atoms with Crippen LogP contribution < -0.4 is 16.5 Å². The highest BCUT2D eigenvalue weighted by atomic mass is 15.6. The summed E-state index contributed by atoms with van der Waals surface area (Å²) in [6.07, 6.45) is 9.20. The zero-order valence-electron chi connectivity index (χ0n) is 9.90. The minimum atomic E-state index is 0.0566. The van der Waals surface area contributed by atoms with Gasteiger partial charge >= 0.3 is 0 Å². The van der Waals surface area contributed by atoms with E-state index in [2.05, 4.69) is 24.6 Å². The molecule has 0 aromatic carbocycles. The van der Waals surface area contributed by atoms with Crippen LogP contribution in [0.15, 0.2) is 35.8 Å². The molecular weight excluding hydrogens is 200 g/mol. The second kappa shape index (κ2) is 4.72. The molecule has 2 rings (SSSR count). The number of nitrogens with one attached hydrogen (secondary N) is 2. The van der Waals surface area contributed by atoms with E-state index in [0.717, 1.165) is 24.4 Å². The minimum absolute atomic E-state index is 0.0566. The Balaban J connectivity index is 1.92. The zero-order chi connectivity index (χ0) is 11.5.